The lowest BCUT2D eigenvalue weighted by atomic mass is 10.1. The van der Waals surface area contributed by atoms with Crippen LogP contribution in [0.15, 0.2) is 42.5 Å². The normalized spacial score (nSPS) is 13.5. The number of allylic oxidation sites excluding steroid dienone is 2. The number of esters is 1. The Kier molecular flexibility index (Phi) is 3.84. The van der Waals surface area contributed by atoms with Gasteiger partial charge in [-0.3, -0.25) is 10.1 Å². The molecule has 0 radical (unpaired) electrons. The average molecular weight is 274 g/mol. The van der Waals surface area contributed by atoms with Gasteiger partial charge >= 0.3 is 5.97 Å². The van der Waals surface area contributed by atoms with Crippen molar-refractivity contribution in [1.82, 2.24) is 0 Å². The van der Waals surface area contributed by atoms with Crippen LogP contribution in [0.1, 0.15) is 10.4 Å². The highest BCUT2D eigenvalue weighted by molar-refractivity contribution is 5.91. The van der Waals surface area contributed by atoms with E-state index in [1.807, 2.05) is 24.3 Å². The fourth-order valence-corrected chi connectivity index (χ4v) is 2.05. The second kappa shape index (κ2) is 5.56. The number of benzene rings is 1. The first kappa shape index (κ1) is 13.8. The lowest BCUT2D eigenvalue weighted by molar-refractivity contribution is -0.384. The second-order valence-electron chi connectivity index (χ2n) is 4.32. The molecule has 0 unspecified atom stereocenters. The van der Waals surface area contributed by atoms with Crippen molar-refractivity contribution in [2.45, 2.75) is 6.04 Å². The highest BCUT2D eigenvalue weighted by Gasteiger charge is 2.23. The Bertz CT molecular complexity index is 595. The fourth-order valence-electron chi connectivity index (χ4n) is 2.05. The summed E-state index contributed by atoms with van der Waals surface area (Å²) in [6, 6.07) is 4.29. The monoisotopic (exact) mass is 274 g/mol. The van der Waals surface area contributed by atoms with E-state index in [0.717, 1.165) is 0 Å². The van der Waals surface area contributed by atoms with Gasteiger partial charge in [-0.05, 0) is 12.1 Å². The van der Waals surface area contributed by atoms with Crippen LogP contribution in [-0.4, -0.2) is 31.1 Å². The van der Waals surface area contributed by atoms with Gasteiger partial charge in [0.05, 0.1) is 23.6 Å². The van der Waals surface area contributed by atoms with Gasteiger partial charge in [-0.25, -0.2) is 4.79 Å². The van der Waals surface area contributed by atoms with E-state index in [2.05, 4.69) is 4.74 Å². The zero-order chi connectivity index (χ0) is 14.7. The molecule has 20 heavy (non-hydrogen) atoms. The van der Waals surface area contributed by atoms with Gasteiger partial charge in [-0.1, -0.05) is 24.3 Å². The number of rotatable bonds is 4. The van der Waals surface area contributed by atoms with E-state index in [1.54, 1.807) is 18.0 Å². The average Bonchev–Trinajstić information content (AvgIpc) is 2.99. The van der Waals surface area contributed by atoms with E-state index >= 15 is 0 Å². The molecular weight excluding hydrogens is 260 g/mol. The van der Waals surface area contributed by atoms with Crippen molar-refractivity contribution in [2.75, 3.05) is 19.1 Å². The van der Waals surface area contributed by atoms with Crippen LogP contribution in [0.3, 0.4) is 0 Å². The molecule has 0 aliphatic heterocycles. The van der Waals surface area contributed by atoms with Crippen molar-refractivity contribution in [3.63, 3.8) is 0 Å². The maximum absolute atomic E-state index is 11.4. The molecule has 1 aromatic carbocycles. The predicted molar refractivity (Wildman–Crippen MR) is 74.9 cm³/mol. The number of nitrogens with zero attached hydrogens (tertiary/aromatic N) is 2. The van der Waals surface area contributed by atoms with Crippen molar-refractivity contribution in [3.8, 4) is 0 Å². The Morgan fingerprint density at radius 3 is 2.55 bits per heavy atom. The minimum absolute atomic E-state index is 0.0299. The van der Waals surface area contributed by atoms with Gasteiger partial charge in [0.2, 0.25) is 0 Å². The smallest absolute Gasteiger partial charge is 0.338 e. The number of methoxy groups -OCH3 is 1. The van der Waals surface area contributed by atoms with E-state index in [9.17, 15) is 14.9 Å². The molecular formula is C14H14N2O4. The Hall–Kier alpha value is -2.63. The first-order valence-electron chi connectivity index (χ1n) is 5.99. The Labute approximate surface area is 116 Å². The molecule has 1 aromatic rings. The molecule has 0 amide bonds. The number of hydrogen-bond acceptors (Lipinski definition) is 5. The molecule has 1 aliphatic rings. The molecule has 0 atom stereocenters. The van der Waals surface area contributed by atoms with Crippen LogP contribution < -0.4 is 4.90 Å². The lowest BCUT2D eigenvalue weighted by Gasteiger charge is -2.23. The van der Waals surface area contributed by atoms with Crippen molar-refractivity contribution in [2.24, 2.45) is 0 Å². The standard InChI is InChI=1S/C14H14N2O4/c1-15(11-5-3-4-6-11)12-8-7-10(14(17)20-2)9-13(12)16(18)19/h3-9,11H,1-2H3. The molecule has 0 aromatic heterocycles. The Morgan fingerprint density at radius 1 is 1.35 bits per heavy atom. The molecule has 0 fully saturated rings. The highest BCUT2D eigenvalue weighted by Crippen LogP contribution is 2.31. The maximum Gasteiger partial charge on any atom is 0.338 e. The van der Waals surface area contributed by atoms with Crippen molar-refractivity contribution in [3.05, 3.63) is 58.2 Å². The summed E-state index contributed by atoms with van der Waals surface area (Å²) in [7, 11) is 3.01. The third kappa shape index (κ3) is 2.54. The van der Waals surface area contributed by atoms with Crippen LogP contribution in [0.5, 0.6) is 0 Å². The Morgan fingerprint density at radius 2 is 2.00 bits per heavy atom. The van der Waals surface area contributed by atoms with Gasteiger partial charge in [0.1, 0.15) is 5.69 Å². The number of carbonyl (C=O) groups is 1. The van der Waals surface area contributed by atoms with Crippen LogP contribution in [0.2, 0.25) is 0 Å². The van der Waals surface area contributed by atoms with Crippen LogP contribution in [0, 0.1) is 10.1 Å². The molecule has 0 N–H and O–H groups in total. The number of likely N-dealkylation sites (N-methyl/N-ethyl adjacent to an activating group) is 1. The predicted octanol–water partition coefficient (Wildman–Crippen LogP) is 2.31. The van der Waals surface area contributed by atoms with Gasteiger partial charge < -0.3 is 9.64 Å². The van der Waals surface area contributed by atoms with Gasteiger partial charge in [-0.2, -0.15) is 0 Å². The maximum atomic E-state index is 11.4. The molecule has 104 valence electrons. The summed E-state index contributed by atoms with van der Waals surface area (Å²) in [5, 5.41) is 11.2. The number of carbonyl (C=O) groups excluding carboxylic acids is 1. The summed E-state index contributed by atoms with van der Waals surface area (Å²) in [6.45, 7) is 0. The first-order chi connectivity index (χ1) is 9.54. The molecule has 0 saturated heterocycles. The third-order valence-corrected chi connectivity index (χ3v) is 3.15. The molecule has 2 rings (SSSR count). The Balaban J connectivity index is 2.42. The zero-order valence-corrected chi connectivity index (χ0v) is 11.1. The summed E-state index contributed by atoms with van der Waals surface area (Å²) < 4.78 is 4.57. The van der Waals surface area contributed by atoms with Gasteiger partial charge in [0, 0.05) is 13.1 Å². The topological polar surface area (TPSA) is 72.7 Å². The number of ether oxygens (including phenoxy) is 1. The third-order valence-electron chi connectivity index (χ3n) is 3.15. The molecule has 6 heteroatoms. The summed E-state index contributed by atoms with van der Waals surface area (Å²) in [5.74, 6) is -0.594. The van der Waals surface area contributed by atoms with Crippen LogP contribution in [0.4, 0.5) is 11.4 Å². The number of hydrogen-bond donors (Lipinski definition) is 0. The zero-order valence-electron chi connectivity index (χ0n) is 11.1. The fraction of sp³-hybridized carbons (Fsp3) is 0.214. The van der Waals surface area contributed by atoms with Crippen LogP contribution >= 0.6 is 0 Å². The van der Waals surface area contributed by atoms with Crippen molar-refractivity contribution in [1.29, 1.82) is 0 Å². The molecule has 0 heterocycles. The van der Waals surface area contributed by atoms with E-state index in [4.69, 9.17) is 0 Å². The van der Waals surface area contributed by atoms with E-state index in [-0.39, 0.29) is 17.3 Å². The molecule has 0 saturated carbocycles. The van der Waals surface area contributed by atoms with E-state index in [1.165, 1.54) is 19.2 Å². The summed E-state index contributed by atoms with van der Waals surface area (Å²) >= 11 is 0. The largest absolute Gasteiger partial charge is 0.465 e. The van der Waals surface area contributed by atoms with Gasteiger partial charge in [-0.15, -0.1) is 0 Å². The quantitative estimate of drug-likeness (QED) is 0.478. The van der Waals surface area contributed by atoms with Gasteiger partial charge in [0.25, 0.3) is 5.69 Å². The van der Waals surface area contributed by atoms with Crippen LogP contribution in [0.25, 0.3) is 0 Å². The molecule has 0 spiro atoms. The summed E-state index contributed by atoms with van der Waals surface area (Å²) in [6.07, 6.45) is 7.63. The van der Waals surface area contributed by atoms with E-state index < -0.39 is 10.9 Å². The number of nitro groups is 1. The number of anilines is 1. The highest BCUT2D eigenvalue weighted by atomic mass is 16.6. The molecule has 1 aliphatic carbocycles. The number of nitro benzene ring substituents is 1. The van der Waals surface area contributed by atoms with Crippen LogP contribution in [-0.2, 0) is 4.74 Å². The first-order valence-corrected chi connectivity index (χ1v) is 5.99. The van der Waals surface area contributed by atoms with E-state index in [0.29, 0.717) is 5.69 Å². The lowest BCUT2D eigenvalue weighted by Crippen LogP contribution is -2.27. The molecule has 0 bridgehead atoms. The summed E-state index contributed by atoms with van der Waals surface area (Å²) in [4.78, 5) is 23.9. The summed E-state index contributed by atoms with van der Waals surface area (Å²) in [5.41, 5.74) is 0.488. The van der Waals surface area contributed by atoms with Crippen molar-refractivity contribution < 1.29 is 14.5 Å². The van der Waals surface area contributed by atoms with Gasteiger partial charge in [0.15, 0.2) is 0 Å². The minimum atomic E-state index is -0.594. The SMILES string of the molecule is COC(=O)c1ccc(N(C)C2C=CC=C2)c([N+](=O)[O-])c1. The molecule has 6 nitrogen and oxygen atoms in total. The second-order valence-corrected chi connectivity index (χ2v) is 4.32. The minimum Gasteiger partial charge on any atom is -0.465 e. The van der Waals surface area contributed by atoms with Crippen molar-refractivity contribution >= 4 is 17.3 Å².